The lowest BCUT2D eigenvalue weighted by molar-refractivity contribution is 0.0601. The third-order valence-electron chi connectivity index (χ3n) is 4.79. The van der Waals surface area contributed by atoms with Gasteiger partial charge in [0.2, 0.25) is 0 Å². The highest BCUT2D eigenvalue weighted by Crippen LogP contribution is 2.35. The minimum atomic E-state index is -0.527. The fourth-order valence-electron chi connectivity index (χ4n) is 3.02. The summed E-state index contributed by atoms with van der Waals surface area (Å²) in [6.07, 6.45) is 3.85. The average molecular weight is 403 g/mol. The van der Waals surface area contributed by atoms with E-state index < -0.39 is 11.8 Å². The van der Waals surface area contributed by atoms with E-state index in [-0.39, 0.29) is 5.56 Å². The Morgan fingerprint density at radius 2 is 1.38 bits per heavy atom. The first-order valence-electron chi connectivity index (χ1n) is 10.2. The zero-order valence-electron chi connectivity index (χ0n) is 18.1. The largest absolute Gasteiger partial charge is 0.493 e. The molecule has 0 radical (unpaired) electrons. The first-order valence-corrected chi connectivity index (χ1v) is 10.2. The van der Waals surface area contributed by atoms with Crippen molar-refractivity contribution in [2.75, 3.05) is 20.3 Å². The van der Waals surface area contributed by atoms with Crippen LogP contribution in [-0.2, 0) is 4.74 Å². The molecule has 0 heterocycles. The number of aryl methyl sites for hydroxylation is 2. The number of hydrogen-bond acceptors (Lipinski definition) is 4. The van der Waals surface area contributed by atoms with Crippen LogP contribution in [0.3, 0.4) is 0 Å². The Bertz CT molecular complexity index is 845. The summed E-state index contributed by atoms with van der Waals surface area (Å²) < 4.78 is 31.4. The number of ether oxygens (including phenoxy) is 3. The van der Waals surface area contributed by atoms with E-state index in [1.165, 1.54) is 13.2 Å². The molecule has 0 saturated heterocycles. The number of halogens is 1. The van der Waals surface area contributed by atoms with E-state index in [2.05, 4.69) is 13.8 Å². The molecule has 158 valence electrons. The predicted molar refractivity (Wildman–Crippen MR) is 113 cm³/mol. The average Bonchev–Trinajstić information content (AvgIpc) is 2.71. The lowest BCUT2D eigenvalue weighted by Crippen LogP contribution is -2.07. The van der Waals surface area contributed by atoms with Crippen molar-refractivity contribution >= 4 is 5.97 Å². The predicted octanol–water partition coefficient (Wildman–Crippen LogP) is 6.25. The molecule has 0 aliphatic heterocycles. The van der Waals surface area contributed by atoms with Crippen LogP contribution in [0.2, 0.25) is 0 Å². The monoisotopic (exact) mass is 402 g/mol. The maximum absolute atomic E-state index is 15.0. The van der Waals surface area contributed by atoms with Crippen molar-refractivity contribution in [1.82, 2.24) is 0 Å². The van der Waals surface area contributed by atoms with Crippen LogP contribution in [0.1, 0.15) is 61.0 Å². The van der Waals surface area contributed by atoms with Crippen molar-refractivity contribution in [1.29, 1.82) is 0 Å². The number of hydrogen-bond donors (Lipinski definition) is 0. The summed E-state index contributed by atoms with van der Waals surface area (Å²) in [6, 6.07) is 6.54. The highest BCUT2D eigenvalue weighted by atomic mass is 19.1. The number of rotatable bonds is 10. The minimum absolute atomic E-state index is 0.280. The molecule has 0 spiro atoms. The van der Waals surface area contributed by atoms with Crippen LogP contribution in [0.5, 0.6) is 11.5 Å². The van der Waals surface area contributed by atoms with Gasteiger partial charge in [0.15, 0.2) is 0 Å². The molecule has 0 amide bonds. The summed E-state index contributed by atoms with van der Waals surface area (Å²) >= 11 is 0. The molecule has 0 N–H and O–H groups in total. The molecule has 0 aromatic heterocycles. The van der Waals surface area contributed by atoms with Crippen LogP contribution >= 0.6 is 0 Å². The van der Waals surface area contributed by atoms with Gasteiger partial charge in [-0.05, 0) is 61.6 Å². The van der Waals surface area contributed by atoms with Gasteiger partial charge in [-0.3, -0.25) is 0 Å². The minimum Gasteiger partial charge on any atom is -0.493 e. The van der Waals surface area contributed by atoms with E-state index >= 15 is 0 Å². The van der Waals surface area contributed by atoms with E-state index in [9.17, 15) is 9.18 Å². The molecule has 2 rings (SSSR count). The molecule has 0 unspecified atom stereocenters. The standard InChI is InChI=1S/C24H31FO4/c1-6-8-10-28-22-14-20(24(26)27-5)18(12-16(22)3)19-13-17(4)23(15-21(19)25)29-11-9-7-2/h12-15H,6-11H2,1-5H3. The van der Waals surface area contributed by atoms with E-state index in [4.69, 9.17) is 14.2 Å². The van der Waals surface area contributed by atoms with Crippen LogP contribution < -0.4 is 9.47 Å². The van der Waals surface area contributed by atoms with Crippen LogP contribution in [0.25, 0.3) is 11.1 Å². The van der Waals surface area contributed by atoms with Gasteiger partial charge in [0, 0.05) is 11.6 Å². The summed E-state index contributed by atoms with van der Waals surface area (Å²) in [6.45, 7) is 9.03. The van der Waals surface area contributed by atoms with Gasteiger partial charge in [0.25, 0.3) is 0 Å². The first kappa shape index (κ1) is 22.7. The second kappa shape index (κ2) is 10.8. The third-order valence-corrected chi connectivity index (χ3v) is 4.79. The number of esters is 1. The Balaban J connectivity index is 2.48. The Labute approximate surface area is 173 Å². The van der Waals surface area contributed by atoms with Gasteiger partial charge >= 0.3 is 5.97 Å². The second-order valence-corrected chi connectivity index (χ2v) is 7.16. The van der Waals surface area contributed by atoms with Gasteiger partial charge < -0.3 is 14.2 Å². The SMILES string of the molecule is CCCCOc1cc(F)c(-c2cc(C)c(OCCCC)cc2C(=O)OC)cc1C. The van der Waals surface area contributed by atoms with E-state index in [1.807, 2.05) is 13.8 Å². The highest BCUT2D eigenvalue weighted by molar-refractivity contribution is 5.98. The van der Waals surface area contributed by atoms with E-state index in [0.29, 0.717) is 35.8 Å². The van der Waals surface area contributed by atoms with Crippen LogP contribution in [0, 0.1) is 19.7 Å². The quantitative estimate of drug-likeness (QED) is 0.348. The van der Waals surface area contributed by atoms with Crippen LogP contribution in [-0.4, -0.2) is 26.3 Å². The third kappa shape index (κ3) is 5.72. The van der Waals surface area contributed by atoms with E-state index in [1.54, 1.807) is 18.2 Å². The Morgan fingerprint density at radius 1 is 0.862 bits per heavy atom. The summed E-state index contributed by atoms with van der Waals surface area (Å²) in [5.41, 5.74) is 2.76. The van der Waals surface area contributed by atoms with Crippen LogP contribution in [0.4, 0.5) is 4.39 Å². The van der Waals surface area contributed by atoms with Crippen molar-refractivity contribution in [2.45, 2.75) is 53.4 Å². The zero-order valence-corrected chi connectivity index (χ0v) is 18.1. The Morgan fingerprint density at radius 3 is 1.90 bits per heavy atom. The fourth-order valence-corrected chi connectivity index (χ4v) is 3.02. The highest BCUT2D eigenvalue weighted by Gasteiger charge is 2.20. The number of carbonyl (C=O) groups excluding carboxylic acids is 1. The Kier molecular flexibility index (Phi) is 8.50. The maximum atomic E-state index is 15.0. The lowest BCUT2D eigenvalue weighted by atomic mass is 9.95. The van der Waals surface area contributed by atoms with Gasteiger partial charge in [0.1, 0.15) is 17.3 Å². The van der Waals surface area contributed by atoms with Crippen molar-refractivity contribution < 1.29 is 23.4 Å². The molecule has 5 heteroatoms. The van der Waals surface area contributed by atoms with Gasteiger partial charge in [-0.1, -0.05) is 26.7 Å². The molecule has 0 fully saturated rings. The van der Waals surface area contributed by atoms with Crippen molar-refractivity contribution in [3.63, 3.8) is 0 Å². The lowest BCUT2D eigenvalue weighted by Gasteiger charge is -2.17. The van der Waals surface area contributed by atoms with Gasteiger partial charge in [-0.2, -0.15) is 0 Å². The molecule has 0 aliphatic carbocycles. The van der Waals surface area contributed by atoms with Gasteiger partial charge in [-0.15, -0.1) is 0 Å². The fraction of sp³-hybridized carbons (Fsp3) is 0.458. The number of benzene rings is 2. The number of unbranched alkanes of at least 4 members (excludes halogenated alkanes) is 2. The summed E-state index contributed by atoms with van der Waals surface area (Å²) in [5.74, 6) is 0.168. The Hall–Kier alpha value is -2.56. The molecule has 0 bridgehead atoms. The molecule has 0 saturated carbocycles. The van der Waals surface area contributed by atoms with Gasteiger partial charge in [-0.25, -0.2) is 9.18 Å². The summed E-state index contributed by atoms with van der Waals surface area (Å²) in [4.78, 5) is 12.4. The molecular weight excluding hydrogens is 371 g/mol. The first-order chi connectivity index (χ1) is 13.9. The maximum Gasteiger partial charge on any atom is 0.338 e. The molecule has 29 heavy (non-hydrogen) atoms. The van der Waals surface area contributed by atoms with Crippen molar-refractivity contribution in [3.8, 4) is 22.6 Å². The molecule has 0 atom stereocenters. The molecule has 2 aromatic carbocycles. The second-order valence-electron chi connectivity index (χ2n) is 7.16. The summed E-state index contributed by atoms with van der Waals surface area (Å²) in [7, 11) is 1.32. The van der Waals surface area contributed by atoms with Gasteiger partial charge in [0.05, 0.1) is 25.9 Å². The molecule has 2 aromatic rings. The smallest absolute Gasteiger partial charge is 0.338 e. The normalized spacial score (nSPS) is 10.7. The topological polar surface area (TPSA) is 44.8 Å². The van der Waals surface area contributed by atoms with Crippen LogP contribution in [0.15, 0.2) is 24.3 Å². The molecular formula is C24H31FO4. The molecule has 4 nitrogen and oxygen atoms in total. The van der Waals surface area contributed by atoms with Crippen molar-refractivity contribution in [3.05, 3.63) is 46.8 Å². The molecule has 0 aliphatic rings. The summed E-state index contributed by atoms with van der Waals surface area (Å²) in [5, 5.41) is 0. The van der Waals surface area contributed by atoms with E-state index in [0.717, 1.165) is 36.8 Å². The number of carbonyl (C=O) groups is 1. The zero-order chi connectivity index (χ0) is 21.4. The van der Waals surface area contributed by atoms with Crippen molar-refractivity contribution in [2.24, 2.45) is 0 Å². The number of methoxy groups -OCH3 is 1.